The Kier molecular flexibility index (Phi) is 3.64. The van der Waals surface area contributed by atoms with Crippen LogP contribution < -0.4 is 4.90 Å². The van der Waals surface area contributed by atoms with E-state index in [-0.39, 0.29) is 11.2 Å². The number of hydrogen-bond donors (Lipinski definition) is 0. The molecule has 1 aromatic heterocycles. The molecular formula is C17H20N4OS. The van der Waals surface area contributed by atoms with Crippen molar-refractivity contribution in [3.63, 3.8) is 0 Å². The van der Waals surface area contributed by atoms with E-state index in [0.29, 0.717) is 5.92 Å². The van der Waals surface area contributed by atoms with E-state index in [0.717, 1.165) is 29.6 Å². The van der Waals surface area contributed by atoms with Crippen molar-refractivity contribution in [3.8, 4) is 0 Å². The van der Waals surface area contributed by atoms with E-state index < -0.39 is 0 Å². The van der Waals surface area contributed by atoms with E-state index in [1.165, 1.54) is 30.2 Å². The lowest BCUT2D eigenvalue weighted by Crippen LogP contribution is -2.35. The molecular weight excluding hydrogens is 308 g/mol. The van der Waals surface area contributed by atoms with Crippen LogP contribution in [0.3, 0.4) is 0 Å². The lowest BCUT2D eigenvalue weighted by Gasteiger charge is -2.21. The standard InChI is InChI=1S/C17H20N4OS/c1-11(23-17-19-18-15(20(17)2)13-7-8-13)16(22)21-10-9-12-5-3-4-6-14(12)21/h3-6,11,13H,7-10H2,1-2H3/t11-/m0/s1. The van der Waals surface area contributed by atoms with Gasteiger partial charge in [0.15, 0.2) is 5.16 Å². The molecule has 2 aliphatic rings. The molecule has 1 atom stereocenters. The summed E-state index contributed by atoms with van der Waals surface area (Å²) >= 11 is 1.50. The van der Waals surface area contributed by atoms with Gasteiger partial charge in [-0.25, -0.2) is 0 Å². The quantitative estimate of drug-likeness (QED) is 0.810. The van der Waals surface area contributed by atoms with Crippen LogP contribution in [0.1, 0.15) is 37.1 Å². The molecule has 0 N–H and O–H groups in total. The van der Waals surface area contributed by atoms with Gasteiger partial charge in [-0.1, -0.05) is 30.0 Å². The summed E-state index contributed by atoms with van der Waals surface area (Å²) in [5.74, 6) is 1.77. The topological polar surface area (TPSA) is 51.0 Å². The van der Waals surface area contributed by atoms with Gasteiger partial charge in [-0.3, -0.25) is 4.79 Å². The van der Waals surface area contributed by atoms with Gasteiger partial charge in [-0.15, -0.1) is 10.2 Å². The number of benzene rings is 1. The number of anilines is 1. The summed E-state index contributed by atoms with van der Waals surface area (Å²) in [7, 11) is 2.00. The fourth-order valence-corrected chi connectivity index (χ4v) is 4.00. The normalized spacial score (nSPS) is 18.1. The Bertz CT molecular complexity index is 753. The molecule has 0 bridgehead atoms. The first-order chi connectivity index (χ1) is 11.1. The molecule has 0 radical (unpaired) electrons. The third-order valence-electron chi connectivity index (χ3n) is 4.59. The van der Waals surface area contributed by atoms with Crippen LogP contribution in [0.25, 0.3) is 0 Å². The van der Waals surface area contributed by atoms with E-state index in [1.54, 1.807) is 0 Å². The number of rotatable bonds is 4. The van der Waals surface area contributed by atoms with E-state index in [9.17, 15) is 4.79 Å². The largest absolute Gasteiger partial charge is 0.311 e. The Labute approximate surface area is 140 Å². The van der Waals surface area contributed by atoms with Crippen molar-refractivity contribution < 1.29 is 4.79 Å². The maximum Gasteiger partial charge on any atom is 0.240 e. The van der Waals surface area contributed by atoms with Gasteiger partial charge in [0, 0.05) is 25.2 Å². The average molecular weight is 328 g/mol. The lowest BCUT2D eigenvalue weighted by molar-refractivity contribution is -0.117. The van der Waals surface area contributed by atoms with Gasteiger partial charge in [0.25, 0.3) is 0 Å². The minimum absolute atomic E-state index is 0.149. The highest BCUT2D eigenvalue weighted by Crippen LogP contribution is 2.40. The molecule has 4 rings (SSSR count). The van der Waals surface area contributed by atoms with Crippen LogP contribution in [-0.2, 0) is 18.3 Å². The lowest BCUT2D eigenvalue weighted by atomic mass is 10.2. The summed E-state index contributed by atoms with van der Waals surface area (Å²) < 4.78 is 2.05. The minimum atomic E-state index is -0.170. The molecule has 1 amide bonds. The minimum Gasteiger partial charge on any atom is -0.311 e. The van der Waals surface area contributed by atoms with E-state index in [4.69, 9.17) is 0 Å². The molecule has 1 aliphatic carbocycles. The van der Waals surface area contributed by atoms with Gasteiger partial charge in [-0.05, 0) is 37.8 Å². The summed E-state index contributed by atoms with van der Waals surface area (Å²) in [5.41, 5.74) is 2.31. The molecule has 120 valence electrons. The van der Waals surface area contributed by atoms with Crippen molar-refractivity contribution in [2.24, 2.45) is 7.05 Å². The Balaban J connectivity index is 1.49. The smallest absolute Gasteiger partial charge is 0.240 e. The highest BCUT2D eigenvalue weighted by Gasteiger charge is 2.32. The first-order valence-electron chi connectivity index (χ1n) is 8.10. The number of hydrogen-bond acceptors (Lipinski definition) is 4. The van der Waals surface area contributed by atoms with Crippen LogP contribution in [0.15, 0.2) is 29.4 Å². The van der Waals surface area contributed by atoms with Crippen molar-refractivity contribution in [1.29, 1.82) is 0 Å². The van der Waals surface area contributed by atoms with Gasteiger partial charge in [0.1, 0.15) is 5.82 Å². The van der Waals surface area contributed by atoms with Gasteiger partial charge < -0.3 is 9.47 Å². The molecule has 0 unspecified atom stereocenters. The number of fused-ring (bicyclic) bond motifs is 1. The fourth-order valence-electron chi connectivity index (χ4n) is 3.12. The first kappa shape index (κ1) is 14.8. The molecule has 1 aliphatic heterocycles. The maximum absolute atomic E-state index is 12.8. The molecule has 0 spiro atoms. The highest BCUT2D eigenvalue weighted by molar-refractivity contribution is 8.00. The molecule has 2 aromatic rings. The molecule has 1 fully saturated rings. The monoisotopic (exact) mass is 328 g/mol. The molecule has 1 saturated carbocycles. The summed E-state index contributed by atoms with van der Waals surface area (Å²) in [4.78, 5) is 14.7. The predicted molar refractivity (Wildman–Crippen MR) is 90.8 cm³/mol. The Hall–Kier alpha value is -1.82. The fraction of sp³-hybridized carbons (Fsp3) is 0.471. The summed E-state index contributed by atoms with van der Waals surface area (Å²) in [6.07, 6.45) is 3.35. The van der Waals surface area contributed by atoms with Crippen LogP contribution in [0.2, 0.25) is 0 Å². The van der Waals surface area contributed by atoms with Crippen LogP contribution in [-0.4, -0.2) is 32.5 Å². The molecule has 1 aromatic carbocycles. The molecule has 0 saturated heterocycles. The molecule has 2 heterocycles. The van der Waals surface area contributed by atoms with Gasteiger partial charge in [0.2, 0.25) is 5.91 Å². The third kappa shape index (κ3) is 2.65. The zero-order valence-corrected chi connectivity index (χ0v) is 14.2. The second kappa shape index (κ2) is 5.67. The van der Waals surface area contributed by atoms with Gasteiger partial charge >= 0.3 is 0 Å². The number of aromatic nitrogens is 3. The number of thioether (sulfide) groups is 1. The number of para-hydroxylation sites is 1. The predicted octanol–water partition coefficient (Wildman–Crippen LogP) is 2.76. The van der Waals surface area contributed by atoms with Crippen molar-refractivity contribution in [3.05, 3.63) is 35.7 Å². The van der Waals surface area contributed by atoms with Crippen molar-refractivity contribution in [2.45, 2.75) is 42.5 Å². The zero-order chi connectivity index (χ0) is 16.0. The number of amides is 1. The Morgan fingerprint density at radius 2 is 2.09 bits per heavy atom. The second-order valence-corrected chi connectivity index (χ2v) is 7.61. The number of nitrogens with zero attached hydrogens (tertiary/aromatic N) is 4. The Morgan fingerprint density at radius 1 is 1.30 bits per heavy atom. The summed E-state index contributed by atoms with van der Waals surface area (Å²) in [6, 6.07) is 8.16. The van der Waals surface area contributed by atoms with E-state index >= 15 is 0 Å². The molecule has 5 nitrogen and oxygen atoms in total. The SMILES string of the molecule is C[C@H](Sc1nnc(C2CC2)n1C)C(=O)N1CCc2ccccc21. The van der Waals surface area contributed by atoms with E-state index in [2.05, 4.69) is 16.3 Å². The maximum atomic E-state index is 12.8. The van der Waals surface area contributed by atoms with Crippen molar-refractivity contribution in [2.75, 3.05) is 11.4 Å². The Morgan fingerprint density at radius 3 is 2.87 bits per heavy atom. The highest BCUT2D eigenvalue weighted by atomic mass is 32.2. The molecule has 23 heavy (non-hydrogen) atoms. The number of carbonyl (C=O) groups excluding carboxylic acids is 1. The van der Waals surface area contributed by atoms with Crippen LogP contribution in [0.5, 0.6) is 0 Å². The molecule has 6 heteroatoms. The summed E-state index contributed by atoms with van der Waals surface area (Å²) in [6.45, 7) is 2.73. The van der Waals surface area contributed by atoms with Crippen LogP contribution in [0.4, 0.5) is 5.69 Å². The number of carbonyl (C=O) groups is 1. The van der Waals surface area contributed by atoms with Crippen molar-refractivity contribution >= 4 is 23.4 Å². The first-order valence-corrected chi connectivity index (χ1v) is 8.98. The van der Waals surface area contributed by atoms with Gasteiger partial charge in [0.05, 0.1) is 5.25 Å². The van der Waals surface area contributed by atoms with Crippen LogP contribution in [0, 0.1) is 0 Å². The second-order valence-electron chi connectivity index (χ2n) is 6.30. The third-order valence-corrected chi connectivity index (χ3v) is 5.72. The van der Waals surface area contributed by atoms with Crippen LogP contribution >= 0.6 is 11.8 Å². The van der Waals surface area contributed by atoms with E-state index in [1.807, 2.05) is 41.6 Å². The average Bonchev–Trinajstić information content (AvgIpc) is 3.21. The van der Waals surface area contributed by atoms with Gasteiger partial charge in [-0.2, -0.15) is 0 Å². The zero-order valence-electron chi connectivity index (χ0n) is 13.4. The summed E-state index contributed by atoms with van der Waals surface area (Å²) in [5, 5.41) is 9.23. The van der Waals surface area contributed by atoms with Crippen molar-refractivity contribution in [1.82, 2.24) is 14.8 Å².